The number of nitro groups is 1. The van der Waals surface area contributed by atoms with Crippen molar-refractivity contribution in [1.82, 2.24) is 9.88 Å². The molecule has 9 heteroatoms. The van der Waals surface area contributed by atoms with Crippen LogP contribution in [0.25, 0.3) is 10.2 Å². The van der Waals surface area contributed by atoms with Crippen LogP contribution in [0.3, 0.4) is 0 Å². The van der Waals surface area contributed by atoms with Crippen molar-refractivity contribution < 1.29 is 14.5 Å². The minimum atomic E-state index is -0.471. The summed E-state index contributed by atoms with van der Waals surface area (Å²) >= 11 is 2.46. The molecular weight excluding hydrogens is 386 g/mol. The van der Waals surface area contributed by atoms with Gasteiger partial charge in [-0.2, -0.15) is 0 Å². The Labute approximate surface area is 163 Å². The summed E-state index contributed by atoms with van der Waals surface area (Å²) in [7, 11) is 0. The van der Waals surface area contributed by atoms with E-state index in [1.54, 1.807) is 4.90 Å². The number of piperidine rings is 1. The number of ether oxygens (including phenoxy) is 1. The average molecular weight is 403 g/mol. The molecule has 140 valence electrons. The Balaban J connectivity index is 1.37. The summed E-state index contributed by atoms with van der Waals surface area (Å²) < 4.78 is 7.16. The van der Waals surface area contributed by atoms with Crippen molar-refractivity contribution in [3.63, 3.8) is 0 Å². The maximum atomic E-state index is 12.5. The van der Waals surface area contributed by atoms with E-state index in [-0.39, 0.29) is 17.0 Å². The molecule has 7 nitrogen and oxygen atoms in total. The van der Waals surface area contributed by atoms with Crippen molar-refractivity contribution in [3.8, 4) is 5.19 Å². The molecule has 3 heterocycles. The van der Waals surface area contributed by atoms with Gasteiger partial charge in [-0.15, -0.1) is 0 Å². The Morgan fingerprint density at radius 2 is 2.04 bits per heavy atom. The van der Waals surface area contributed by atoms with Crippen LogP contribution in [0.15, 0.2) is 30.3 Å². The Morgan fingerprint density at radius 3 is 2.70 bits per heavy atom. The molecule has 0 radical (unpaired) electrons. The first-order valence-electron chi connectivity index (χ1n) is 8.57. The first-order valence-corrected chi connectivity index (χ1v) is 10.2. The van der Waals surface area contributed by atoms with Crippen LogP contribution in [-0.4, -0.2) is 39.9 Å². The number of thiophene rings is 1. The molecule has 0 N–H and O–H groups in total. The van der Waals surface area contributed by atoms with Crippen molar-refractivity contribution in [1.29, 1.82) is 0 Å². The van der Waals surface area contributed by atoms with Crippen molar-refractivity contribution in [2.24, 2.45) is 0 Å². The fraction of sp³-hybridized carbons (Fsp3) is 0.333. The molecule has 1 aliphatic heterocycles. The SMILES string of the molecule is Cc1cccc2sc(OC3CCN(C(=O)c4ccc([N+](=O)[O-])s4)CC3)nc12. The third-order valence-electron chi connectivity index (χ3n) is 4.58. The molecule has 1 aliphatic rings. The van der Waals surface area contributed by atoms with Gasteiger partial charge in [0.1, 0.15) is 6.10 Å². The lowest BCUT2D eigenvalue weighted by Crippen LogP contribution is -2.41. The van der Waals surface area contributed by atoms with Gasteiger partial charge in [0.25, 0.3) is 11.1 Å². The van der Waals surface area contributed by atoms with E-state index in [1.165, 1.54) is 23.5 Å². The van der Waals surface area contributed by atoms with Crippen molar-refractivity contribution >= 4 is 43.8 Å². The van der Waals surface area contributed by atoms with Crippen LogP contribution in [-0.2, 0) is 0 Å². The molecule has 3 aromatic rings. The number of hydrogen-bond donors (Lipinski definition) is 0. The van der Waals surface area contributed by atoms with Crippen LogP contribution in [0.5, 0.6) is 5.19 Å². The highest BCUT2D eigenvalue weighted by molar-refractivity contribution is 7.20. The fourth-order valence-electron chi connectivity index (χ4n) is 3.13. The van der Waals surface area contributed by atoms with E-state index in [0.29, 0.717) is 36.0 Å². The summed E-state index contributed by atoms with van der Waals surface area (Å²) in [5.41, 5.74) is 2.11. The maximum absolute atomic E-state index is 12.5. The first kappa shape index (κ1) is 17.9. The van der Waals surface area contributed by atoms with Crippen molar-refractivity contribution in [2.45, 2.75) is 25.9 Å². The van der Waals surface area contributed by atoms with Gasteiger partial charge >= 0.3 is 5.00 Å². The molecule has 0 bridgehead atoms. The predicted molar refractivity (Wildman–Crippen MR) is 105 cm³/mol. The Kier molecular flexibility index (Phi) is 4.79. The number of hydrogen-bond acceptors (Lipinski definition) is 7. The number of fused-ring (bicyclic) bond motifs is 1. The van der Waals surface area contributed by atoms with E-state index in [0.717, 1.165) is 27.1 Å². The van der Waals surface area contributed by atoms with Gasteiger partial charge in [-0.05, 0) is 24.6 Å². The number of carbonyl (C=O) groups excluding carboxylic acids is 1. The Morgan fingerprint density at radius 1 is 1.26 bits per heavy atom. The lowest BCUT2D eigenvalue weighted by atomic mass is 10.1. The number of amides is 1. The number of carbonyl (C=O) groups is 1. The molecular formula is C18H17N3O4S2. The van der Waals surface area contributed by atoms with Crippen LogP contribution in [0.1, 0.15) is 28.1 Å². The molecule has 1 fully saturated rings. The quantitative estimate of drug-likeness (QED) is 0.480. The monoisotopic (exact) mass is 403 g/mol. The third kappa shape index (κ3) is 3.65. The predicted octanol–water partition coefficient (Wildman–Crippen LogP) is 4.26. The fourth-order valence-corrected chi connectivity index (χ4v) is 4.88. The van der Waals surface area contributed by atoms with Gasteiger partial charge in [-0.1, -0.05) is 34.8 Å². The van der Waals surface area contributed by atoms with Gasteiger partial charge in [0, 0.05) is 32.0 Å². The largest absolute Gasteiger partial charge is 0.467 e. The maximum Gasteiger partial charge on any atom is 0.324 e. The lowest BCUT2D eigenvalue weighted by molar-refractivity contribution is -0.380. The van der Waals surface area contributed by atoms with E-state index in [4.69, 9.17) is 4.74 Å². The van der Waals surface area contributed by atoms with Gasteiger partial charge in [-0.3, -0.25) is 14.9 Å². The minimum Gasteiger partial charge on any atom is -0.467 e. The molecule has 0 atom stereocenters. The summed E-state index contributed by atoms with van der Waals surface area (Å²) in [6.07, 6.45) is 1.45. The Hall–Kier alpha value is -2.52. The Bertz CT molecular complexity index is 1010. The van der Waals surface area contributed by atoms with E-state index in [9.17, 15) is 14.9 Å². The third-order valence-corrected chi connectivity index (χ3v) is 6.52. The van der Waals surface area contributed by atoms with E-state index in [2.05, 4.69) is 4.98 Å². The molecule has 2 aromatic heterocycles. The zero-order valence-electron chi connectivity index (χ0n) is 14.6. The standard InChI is InChI=1S/C18H17N3O4S2/c1-11-3-2-4-13-16(11)19-18(27-13)25-12-7-9-20(10-8-12)17(22)14-5-6-15(26-14)21(23)24/h2-6,12H,7-10H2,1H3. The topological polar surface area (TPSA) is 85.6 Å². The molecule has 4 rings (SSSR count). The van der Waals surface area contributed by atoms with Gasteiger partial charge in [0.15, 0.2) is 0 Å². The number of likely N-dealkylation sites (tertiary alicyclic amines) is 1. The molecule has 1 saturated heterocycles. The highest BCUT2D eigenvalue weighted by Gasteiger charge is 2.27. The molecule has 0 aliphatic carbocycles. The zero-order chi connectivity index (χ0) is 19.0. The summed E-state index contributed by atoms with van der Waals surface area (Å²) in [4.78, 5) is 29.6. The molecule has 27 heavy (non-hydrogen) atoms. The summed E-state index contributed by atoms with van der Waals surface area (Å²) in [6, 6.07) is 8.98. The van der Waals surface area contributed by atoms with Crippen LogP contribution in [0, 0.1) is 17.0 Å². The van der Waals surface area contributed by atoms with Crippen molar-refractivity contribution in [2.75, 3.05) is 13.1 Å². The number of benzene rings is 1. The average Bonchev–Trinajstić information content (AvgIpc) is 3.29. The molecule has 1 aromatic carbocycles. The van der Waals surface area contributed by atoms with Gasteiger partial charge in [0.2, 0.25) is 0 Å². The van der Waals surface area contributed by atoms with Gasteiger partial charge in [0.05, 0.1) is 20.0 Å². The van der Waals surface area contributed by atoms with E-state index >= 15 is 0 Å². The van der Waals surface area contributed by atoms with Crippen molar-refractivity contribution in [3.05, 3.63) is 50.9 Å². The molecule has 0 unspecified atom stereocenters. The number of nitrogens with zero attached hydrogens (tertiary/aromatic N) is 3. The first-order chi connectivity index (χ1) is 13.0. The second-order valence-electron chi connectivity index (χ2n) is 6.41. The number of para-hydroxylation sites is 1. The second-order valence-corrected chi connectivity index (χ2v) is 8.46. The number of rotatable bonds is 4. The molecule has 0 saturated carbocycles. The minimum absolute atomic E-state index is 0.0114. The van der Waals surface area contributed by atoms with Gasteiger partial charge in [-0.25, -0.2) is 4.98 Å². The highest BCUT2D eigenvalue weighted by atomic mass is 32.1. The molecule has 0 spiro atoms. The van der Waals surface area contributed by atoms with Crippen LogP contribution < -0.4 is 4.74 Å². The number of aromatic nitrogens is 1. The lowest BCUT2D eigenvalue weighted by Gasteiger charge is -2.31. The number of thiazole rings is 1. The molecule has 1 amide bonds. The van der Waals surface area contributed by atoms with E-state index < -0.39 is 4.92 Å². The second kappa shape index (κ2) is 7.24. The van der Waals surface area contributed by atoms with Crippen LogP contribution in [0.4, 0.5) is 5.00 Å². The van der Waals surface area contributed by atoms with Crippen LogP contribution >= 0.6 is 22.7 Å². The summed E-state index contributed by atoms with van der Waals surface area (Å²) in [5.74, 6) is -0.151. The number of aryl methyl sites for hydroxylation is 1. The smallest absolute Gasteiger partial charge is 0.324 e. The van der Waals surface area contributed by atoms with Crippen LogP contribution in [0.2, 0.25) is 0 Å². The van der Waals surface area contributed by atoms with E-state index in [1.807, 2.05) is 25.1 Å². The summed E-state index contributed by atoms with van der Waals surface area (Å²) in [5, 5.41) is 11.4. The highest BCUT2D eigenvalue weighted by Crippen LogP contribution is 2.32. The normalized spacial score (nSPS) is 15.2. The summed E-state index contributed by atoms with van der Waals surface area (Å²) in [6.45, 7) is 3.17. The zero-order valence-corrected chi connectivity index (χ0v) is 16.2. The van der Waals surface area contributed by atoms with Gasteiger partial charge < -0.3 is 9.64 Å².